The summed E-state index contributed by atoms with van der Waals surface area (Å²) in [5.41, 5.74) is 5.84. The maximum absolute atomic E-state index is 4.13. The van der Waals surface area contributed by atoms with Gasteiger partial charge in [-0.1, -0.05) is 45.3 Å². The molecule has 0 aliphatic carbocycles. The van der Waals surface area contributed by atoms with Gasteiger partial charge in [-0.2, -0.15) is 4.68 Å². The van der Waals surface area contributed by atoms with Crippen LogP contribution in [-0.4, -0.2) is 20.2 Å². The van der Waals surface area contributed by atoms with Crippen LogP contribution in [0.25, 0.3) is 5.70 Å². The Morgan fingerprint density at radius 1 is 1.04 bits per heavy atom. The normalized spacial score (nSPS) is 16.3. The van der Waals surface area contributed by atoms with Crippen molar-refractivity contribution in [1.82, 2.24) is 20.2 Å². The average molecular weight is 382 g/mol. The molecule has 3 aromatic rings. The van der Waals surface area contributed by atoms with Gasteiger partial charge in [-0.15, -0.1) is 0 Å². The van der Waals surface area contributed by atoms with Crippen molar-refractivity contribution in [3.05, 3.63) is 75.3 Å². The molecule has 0 radical (unpaired) electrons. The largest absolute Gasteiger partial charge is 0.323 e. The van der Waals surface area contributed by atoms with E-state index in [1.807, 2.05) is 12.1 Å². The predicted octanol–water partition coefficient (Wildman–Crippen LogP) is 4.11. The van der Waals surface area contributed by atoms with E-state index in [1.165, 1.54) is 11.1 Å². The Labute approximate surface area is 148 Å². The first-order chi connectivity index (χ1) is 11.6. The van der Waals surface area contributed by atoms with Crippen molar-refractivity contribution in [3.8, 4) is 0 Å². The highest BCUT2D eigenvalue weighted by Crippen LogP contribution is 2.32. The summed E-state index contributed by atoms with van der Waals surface area (Å²) >= 11 is 3.48. The number of nitrogens with one attached hydrogen (secondary N) is 1. The maximum Gasteiger partial charge on any atom is 0.248 e. The fraction of sp³-hybridized carbons (Fsp3) is 0.167. The number of tetrazole rings is 1. The number of allylic oxidation sites excluding steroid dienone is 1. The second-order valence-corrected chi connectivity index (χ2v) is 6.86. The van der Waals surface area contributed by atoms with E-state index >= 15 is 0 Å². The number of anilines is 1. The topological polar surface area (TPSA) is 55.6 Å². The highest BCUT2D eigenvalue weighted by molar-refractivity contribution is 9.10. The molecule has 0 bridgehead atoms. The van der Waals surface area contributed by atoms with Crippen LogP contribution in [0.4, 0.5) is 5.95 Å². The number of hydrogen-bond acceptors (Lipinski definition) is 4. The Hall–Kier alpha value is -2.47. The van der Waals surface area contributed by atoms with E-state index in [0.29, 0.717) is 5.95 Å². The number of rotatable bonds is 2. The molecule has 1 aromatic heterocycles. The maximum atomic E-state index is 4.13. The molecule has 5 nitrogen and oxygen atoms in total. The first kappa shape index (κ1) is 15.1. The van der Waals surface area contributed by atoms with Crippen LogP contribution < -0.4 is 5.32 Å². The molecule has 0 unspecified atom stereocenters. The number of aryl methyl sites for hydroxylation is 2. The lowest BCUT2D eigenvalue weighted by Gasteiger charge is -2.23. The molecule has 120 valence electrons. The third-order valence-corrected chi connectivity index (χ3v) is 4.89. The Balaban J connectivity index is 1.81. The smallest absolute Gasteiger partial charge is 0.248 e. The van der Waals surface area contributed by atoms with Crippen LogP contribution in [-0.2, 0) is 0 Å². The molecule has 1 aliphatic heterocycles. The molecule has 6 heteroatoms. The van der Waals surface area contributed by atoms with E-state index in [1.54, 1.807) is 4.68 Å². The Bertz CT molecular complexity index is 927. The number of hydrogen-bond donors (Lipinski definition) is 1. The zero-order valence-corrected chi connectivity index (χ0v) is 14.9. The first-order valence-electron chi connectivity index (χ1n) is 7.71. The summed E-state index contributed by atoms with van der Waals surface area (Å²) in [6.45, 7) is 4.24. The number of benzene rings is 2. The minimum absolute atomic E-state index is 0.0408. The highest BCUT2D eigenvalue weighted by atomic mass is 79.9. The van der Waals surface area contributed by atoms with Crippen molar-refractivity contribution >= 4 is 27.6 Å². The minimum atomic E-state index is -0.0408. The van der Waals surface area contributed by atoms with E-state index in [9.17, 15) is 0 Å². The molecular weight excluding hydrogens is 366 g/mol. The van der Waals surface area contributed by atoms with Crippen molar-refractivity contribution in [1.29, 1.82) is 0 Å². The fourth-order valence-corrected chi connectivity index (χ4v) is 3.09. The lowest BCUT2D eigenvalue weighted by Crippen LogP contribution is -2.20. The molecule has 2 heterocycles. The summed E-state index contributed by atoms with van der Waals surface area (Å²) in [7, 11) is 0. The molecule has 2 aromatic carbocycles. The standard InChI is InChI=1S/C18H16BrN5/c1-11-3-4-14(9-12(11)2)16-10-17(13-5-7-15(19)8-6-13)24-18(20-16)21-22-23-24/h3-10,17H,1-2H3,(H,20,21,23)/t17-/m1/s1. The number of aromatic nitrogens is 4. The summed E-state index contributed by atoms with van der Waals surface area (Å²) in [6.07, 6.45) is 2.16. The molecule has 1 atom stereocenters. The molecule has 4 rings (SSSR count). The summed E-state index contributed by atoms with van der Waals surface area (Å²) < 4.78 is 2.85. The zero-order chi connectivity index (χ0) is 16.7. The van der Waals surface area contributed by atoms with Gasteiger partial charge in [0, 0.05) is 10.2 Å². The van der Waals surface area contributed by atoms with Gasteiger partial charge in [-0.05, 0) is 70.8 Å². The van der Waals surface area contributed by atoms with Crippen molar-refractivity contribution < 1.29 is 0 Å². The van der Waals surface area contributed by atoms with E-state index in [0.717, 1.165) is 21.3 Å². The SMILES string of the molecule is Cc1ccc(C2=C[C@H](c3ccc(Br)cc3)n3nnnc3N2)cc1C. The second-order valence-electron chi connectivity index (χ2n) is 5.95. The summed E-state index contributed by atoms with van der Waals surface area (Å²) in [5, 5.41) is 15.4. The van der Waals surface area contributed by atoms with Gasteiger partial charge >= 0.3 is 0 Å². The molecular formula is C18H16BrN5. The van der Waals surface area contributed by atoms with Gasteiger partial charge in [0.25, 0.3) is 0 Å². The van der Waals surface area contributed by atoms with Crippen molar-refractivity contribution in [2.24, 2.45) is 0 Å². The van der Waals surface area contributed by atoms with Crippen LogP contribution in [0.15, 0.2) is 53.0 Å². The van der Waals surface area contributed by atoms with E-state index in [-0.39, 0.29) is 6.04 Å². The third kappa shape index (κ3) is 2.63. The Kier molecular flexibility index (Phi) is 3.69. The number of nitrogens with zero attached hydrogens (tertiary/aromatic N) is 4. The number of halogens is 1. The summed E-state index contributed by atoms with van der Waals surface area (Å²) in [4.78, 5) is 0. The Morgan fingerprint density at radius 2 is 1.83 bits per heavy atom. The first-order valence-corrected chi connectivity index (χ1v) is 8.51. The lowest BCUT2D eigenvalue weighted by molar-refractivity contribution is 0.586. The van der Waals surface area contributed by atoms with Gasteiger partial charge in [0.1, 0.15) is 6.04 Å². The molecule has 1 N–H and O–H groups in total. The lowest BCUT2D eigenvalue weighted by atomic mass is 9.99. The molecule has 0 amide bonds. The minimum Gasteiger partial charge on any atom is -0.323 e. The van der Waals surface area contributed by atoms with Crippen LogP contribution in [0.5, 0.6) is 0 Å². The van der Waals surface area contributed by atoms with E-state index < -0.39 is 0 Å². The van der Waals surface area contributed by atoms with Crippen molar-refractivity contribution in [2.75, 3.05) is 5.32 Å². The number of fused-ring (bicyclic) bond motifs is 1. The van der Waals surface area contributed by atoms with E-state index in [4.69, 9.17) is 0 Å². The predicted molar refractivity (Wildman–Crippen MR) is 97.6 cm³/mol. The quantitative estimate of drug-likeness (QED) is 0.725. The Morgan fingerprint density at radius 3 is 2.58 bits per heavy atom. The molecule has 0 fully saturated rings. The van der Waals surface area contributed by atoms with Gasteiger partial charge < -0.3 is 5.32 Å². The van der Waals surface area contributed by atoms with E-state index in [2.05, 4.69) is 87.0 Å². The van der Waals surface area contributed by atoms with Gasteiger partial charge in [0.15, 0.2) is 0 Å². The van der Waals surface area contributed by atoms with Gasteiger partial charge in [-0.3, -0.25) is 0 Å². The van der Waals surface area contributed by atoms with Crippen LogP contribution in [0.3, 0.4) is 0 Å². The van der Waals surface area contributed by atoms with Crippen LogP contribution >= 0.6 is 15.9 Å². The van der Waals surface area contributed by atoms with Crippen molar-refractivity contribution in [2.45, 2.75) is 19.9 Å². The molecule has 24 heavy (non-hydrogen) atoms. The monoisotopic (exact) mass is 381 g/mol. The molecule has 0 saturated heterocycles. The zero-order valence-electron chi connectivity index (χ0n) is 13.4. The summed E-state index contributed by atoms with van der Waals surface area (Å²) in [5.74, 6) is 0.652. The summed E-state index contributed by atoms with van der Waals surface area (Å²) in [6, 6.07) is 14.6. The van der Waals surface area contributed by atoms with Crippen LogP contribution in [0.1, 0.15) is 28.3 Å². The van der Waals surface area contributed by atoms with Gasteiger partial charge in [-0.25, -0.2) is 0 Å². The third-order valence-electron chi connectivity index (χ3n) is 4.36. The van der Waals surface area contributed by atoms with Crippen molar-refractivity contribution in [3.63, 3.8) is 0 Å². The molecule has 0 saturated carbocycles. The second kappa shape index (κ2) is 5.87. The molecule has 0 spiro atoms. The van der Waals surface area contributed by atoms with Crippen LogP contribution in [0, 0.1) is 13.8 Å². The van der Waals surface area contributed by atoms with Crippen LogP contribution in [0.2, 0.25) is 0 Å². The van der Waals surface area contributed by atoms with Gasteiger partial charge in [0.2, 0.25) is 5.95 Å². The highest BCUT2D eigenvalue weighted by Gasteiger charge is 2.24. The van der Waals surface area contributed by atoms with Gasteiger partial charge in [0.05, 0.1) is 0 Å². The molecule has 1 aliphatic rings. The average Bonchev–Trinajstić information content (AvgIpc) is 3.06. The fourth-order valence-electron chi connectivity index (χ4n) is 2.83.